The number of phosphoric acid groups is 5. The van der Waals surface area contributed by atoms with Crippen molar-refractivity contribution in [1.29, 1.82) is 0 Å². The van der Waals surface area contributed by atoms with E-state index >= 15 is 0 Å². The second kappa shape index (κ2) is 26.0. The number of hydrogen-bond acceptors (Lipinski definition) is 37. The van der Waals surface area contributed by atoms with E-state index < -0.39 is 162 Å². The lowest BCUT2D eigenvalue weighted by atomic mass is 9.87. The Hall–Kier alpha value is -4.44. The number of rotatable bonds is 28. The Morgan fingerprint density at radius 3 is 1.69 bits per heavy atom. The van der Waals surface area contributed by atoms with Crippen LogP contribution in [-0.2, 0) is 82.9 Å². The van der Waals surface area contributed by atoms with Gasteiger partial charge in [0.25, 0.3) is 15.6 Å². The quantitative estimate of drug-likeness (QED) is 0.0158. The van der Waals surface area contributed by atoms with Gasteiger partial charge < -0.3 is 117 Å². The zero-order valence-corrected chi connectivity index (χ0v) is 45.9. The van der Waals surface area contributed by atoms with E-state index in [0.29, 0.717) is 11.8 Å². The molecule has 4 aromatic rings. The number of phosphoric ester groups is 5. The van der Waals surface area contributed by atoms with Gasteiger partial charge in [-0.25, -0.2) is 34.2 Å². The lowest BCUT2D eigenvalue weighted by molar-refractivity contribution is -0.348. The van der Waals surface area contributed by atoms with E-state index in [9.17, 15) is 91.6 Å². The first-order valence-electron chi connectivity index (χ1n) is 22.2. The van der Waals surface area contributed by atoms with Crippen molar-refractivity contribution >= 4 is 108 Å². The molecule has 2 aliphatic heterocycles. The molecule has 2 aliphatic rings. The minimum absolute atomic E-state index is 0.0000489. The fourth-order valence-electron chi connectivity index (χ4n) is 7.21. The number of fused-ring (bicyclic) bond motifs is 2. The van der Waals surface area contributed by atoms with E-state index in [2.05, 4.69) is 72.0 Å². The smallest absolute Gasteiger partial charge is 0.322 e. The normalized spacial score (nSPS) is 24.4. The molecule has 9 N–H and O–H groups in total. The summed E-state index contributed by atoms with van der Waals surface area (Å²) in [6.07, 6.45) is -14.9. The molecule has 6 rings (SSSR count). The predicted molar refractivity (Wildman–Crippen MR) is 245 cm³/mol. The van der Waals surface area contributed by atoms with Gasteiger partial charge in [-0.2, -0.15) is 0 Å². The van der Waals surface area contributed by atoms with E-state index in [4.69, 9.17) is 20.9 Å². The van der Waals surface area contributed by atoms with Gasteiger partial charge in [0, 0.05) is 30.7 Å². The number of thioether (sulfide) groups is 1. The van der Waals surface area contributed by atoms with Gasteiger partial charge in [0.05, 0.1) is 48.1 Å². The monoisotopic (exact) mass is 1260 g/mol. The van der Waals surface area contributed by atoms with E-state index in [1.54, 1.807) is 0 Å². The highest BCUT2D eigenvalue weighted by atomic mass is 32.2. The standard InChI is InChI=1S/C34H51N12O28P5S/c1-34(2,10-68-79(64,65)74-78(62,63)67-9-16-25(73-76(57,58)59)23(51)33(70-16)46-14-44-21-28(36)40-12-42-30(21)46)26(52)31(53)38-4-3-17(47)37-5-6-80-19(49)7-18(48)71-77(60,61)66-8-15-24(72-75(54,55)56)22(50)32(69-15)45-13-43-20-27(35)39-11-41-29(20)45/h11-16,22-26,32-33,50-52H,3-10H2,1-2H3,(H,37,47)(H,38,53)(H,60,61)(H,62,63)(H,64,65)(H2,35,39,41)(H2,36,40,42)(H2,54,55,56)(H2,57,58,59)/p-7/t15-,16-,22-,23-,24-,25-,26+,32-,33-/m1/s1. The summed E-state index contributed by atoms with van der Waals surface area (Å²) in [6, 6.07) is 0. The SMILES string of the molecule is CC(C)(COP(=O)([O-])OP(=O)([O-])OC[C@H]1O[C@@H](n2cnc3c(N)ncnc32)[C@H](O)[C@@H]1OP(=O)([O-])[O-])[C@@H](O)C(=O)NCCC(=O)NCCSC(=O)CC(=O)OP(=O)([O-])OC[C@H]1O[C@@H](n2cnc3c(N)ncnc32)[C@H](O)[C@@H]1OP(=O)([O-])[O-]. The van der Waals surface area contributed by atoms with Crippen LogP contribution in [0.4, 0.5) is 11.6 Å². The van der Waals surface area contributed by atoms with Crippen molar-refractivity contribution in [3.8, 4) is 0 Å². The number of anilines is 2. The van der Waals surface area contributed by atoms with Gasteiger partial charge in [-0.05, 0) is 0 Å². The number of hydrogen-bond donors (Lipinski definition) is 7. The predicted octanol–water partition coefficient (Wildman–Crippen LogP) is -7.55. The summed E-state index contributed by atoms with van der Waals surface area (Å²) in [4.78, 5) is 156. The average Bonchev–Trinajstić information content (AvgIpc) is 4.32. The molecule has 0 spiro atoms. The van der Waals surface area contributed by atoms with Crippen LogP contribution in [0, 0.1) is 5.41 Å². The molecular formula is C34H44N12O28P5S-7. The topological polar surface area (TPSA) is 622 Å². The first kappa shape index (κ1) is 64.7. The lowest BCUT2D eigenvalue weighted by Crippen LogP contribution is -2.46. The number of nitrogens with one attached hydrogen (secondary N) is 2. The number of carbonyl (C=O) groups excluding carboxylic acids is 4. The van der Waals surface area contributed by atoms with E-state index in [0.717, 1.165) is 48.3 Å². The molecule has 40 nitrogen and oxygen atoms in total. The maximum Gasteiger partial charge on any atom is 0.322 e. The van der Waals surface area contributed by atoms with Gasteiger partial charge in [-0.3, -0.25) is 42.0 Å². The van der Waals surface area contributed by atoms with Crippen LogP contribution >= 0.6 is 50.9 Å². The molecule has 2 saturated heterocycles. The highest BCUT2D eigenvalue weighted by Gasteiger charge is 2.49. The number of nitrogens with zero attached hydrogens (tertiary/aromatic N) is 8. The maximum atomic E-state index is 12.7. The van der Waals surface area contributed by atoms with Gasteiger partial charge >= 0.3 is 13.8 Å². The molecule has 0 aromatic carbocycles. The van der Waals surface area contributed by atoms with Gasteiger partial charge in [-0.1, -0.05) is 25.6 Å². The van der Waals surface area contributed by atoms with Crippen LogP contribution in [-0.4, -0.2) is 159 Å². The molecule has 80 heavy (non-hydrogen) atoms. The van der Waals surface area contributed by atoms with Crippen LogP contribution in [0.5, 0.6) is 0 Å². The van der Waals surface area contributed by atoms with Crippen LogP contribution in [0.1, 0.15) is 39.1 Å². The number of aliphatic hydroxyl groups is 3. The molecule has 2 amide bonds. The first-order chi connectivity index (χ1) is 37.1. The molecule has 446 valence electrons. The fraction of sp³-hybridized carbons (Fsp3) is 0.588. The number of imidazole rings is 2. The Morgan fingerprint density at radius 1 is 0.725 bits per heavy atom. The second-order valence-electron chi connectivity index (χ2n) is 17.2. The number of carbonyl (C=O) groups is 4. The largest absolute Gasteiger partial charge is 0.790 e. The van der Waals surface area contributed by atoms with Crippen molar-refractivity contribution in [2.75, 3.05) is 50.1 Å². The minimum Gasteiger partial charge on any atom is -0.790 e. The van der Waals surface area contributed by atoms with Crippen molar-refractivity contribution < 1.29 is 133 Å². The van der Waals surface area contributed by atoms with Gasteiger partial charge in [-0.15, -0.1) is 0 Å². The summed E-state index contributed by atoms with van der Waals surface area (Å²) in [5.74, 6) is -3.94. The number of nitrogen functional groups attached to an aromatic ring is 2. The Bertz CT molecular complexity index is 3170. The molecule has 0 bridgehead atoms. The molecule has 3 unspecified atom stereocenters. The van der Waals surface area contributed by atoms with Crippen LogP contribution < -0.4 is 56.4 Å². The summed E-state index contributed by atoms with van der Waals surface area (Å²) in [7, 11) is -29.4. The summed E-state index contributed by atoms with van der Waals surface area (Å²) in [5, 5.41) is 35.9. The van der Waals surface area contributed by atoms with Crippen molar-refractivity contribution in [3.05, 3.63) is 25.3 Å². The molecule has 0 aliphatic carbocycles. The van der Waals surface area contributed by atoms with Crippen molar-refractivity contribution in [1.82, 2.24) is 49.7 Å². The highest BCUT2D eigenvalue weighted by molar-refractivity contribution is 8.13. The van der Waals surface area contributed by atoms with Crippen LogP contribution in [0.25, 0.3) is 22.3 Å². The van der Waals surface area contributed by atoms with Gasteiger partial charge in [0.1, 0.15) is 72.8 Å². The molecule has 0 saturated carbocycles. The molecule has 4 aromatic heterocycles. The van der Waals surface area contributed by atoms with E-state index in [1.807, 2.05) is 0 Å². The highest BCUT2D eigenvalue weighted by Crippen LogP contribution is 2.57. The van der Waals surface area contributed by atoms with E-state index in [-0.39, 0.29) is 46.3 Å². The number of amides is 2. The maximum absolute atomic E-state index is 12.7. The molecule has 2 fully saturated rings. The Kier molecular flexibility index (Phi) is 21.0. The summed E-state index contributed by atoms with van der Waals surface area (Å²) >= 11 is 0.445. The Morgan fingerprint density at radius 2 is 1.20 bits per heavy atom. The van der Waals surface area contributed by atoms with E-state index in [1.165, 1.54) is 0 Å². The Labute approximate surface area is 451 Å². The average molecular weight is 1260 g/mol. The number of nitrogens with two attached hydrogens (primary N) is 2. The minimum atomic E-state index is -6.02. The summed E-state index contributed by atoms with van der Waals surface area (Å²) < 4.78 is 104. The number of aromatic nitrogens is 8. The van der Waals surface area contributed by atoms with Gasteiger partial charge in [0.15, 0.2) is 40.5 Å². The third-order valence-electron chi connectivity index (χ3n) is 10.9. The zero-order chi connectivity index (χ0) is 59.3. The van der Waals surface area contributed by atoms with Crippen LogP contribution in [0.2, 0.25) is 0 Å². The fourth-order valence-corrected chi connectivity index (χ4v) is 11.9. The molecule has 12 atom stereocenters. The van der Waals surface area contributed by atoms with Crippen LogP contribution in [0.15, 0.2) is 25.3 Å². The number of aliphatic hydroxyl groups excluding tert-OH is 3. The number of ether oxygens (including phenoxy) is 2. The second-order valence-corrected chi connectivity index (χ2v) is 24.9. The van der Waals surface area contributed by atoms with Crippen LogP contribution in [0.3, 0.4) is 0 Å². The molecular weight excluding hydrogens is 1210 g/mol. The molecule has 6 heterocycles. The van der Waals surface area contributed by atoms with Crippen molar-refractivity contribution in [2.24, 2.45) is 5.41 Å². The third kappa shape index (κ3) is 17.5. The lowest BCUT2D eigenvalue weighted by Gasteiger charge is -2.36. The molecule has 0 radical (unpaired) electrons. The third-order valence-corrected chi connectivity index (χ3v) is 16.1. The first-order valence-corrected chi connectivity index (χ1v) is 30.5. The zero-order valence-electron chi connectivity index (χ0n) is 40.6. The Balaban J connectivity index is 0.870. The van der Waals surface area contributed by atoms with Gasteiger partial charge in [0.2, 0.25) is 11.8 Å². The summed E-state index contributed by atoms with van der Waals surface area (Å²) in [6.45, 7) is -2.11. The van der Waals surface area contributed by atoms with Crippen molar-refractivity contribution in [3.63, 3.8) is 0 Å². The summed E-state index contributed by atoms with van der Waals surface area (Å²) in [5.41, 5.74) is 9.58. The van der Waals surface area contributed by atoms with Crippen molar-refractivity contribution in [2.45, 2.75) is 81.9 Å². The molecule has 46 heteroatoms.